The highest BCUT2D eigenvalue weighted by Gasteiger charge is 2.34. The number of nitrogens with zero attached hydrogens (tertiary/aromatic N) is 1. The van der Waals surface area contributed by atoms with Gasteiger partial charge in [0.15, 0.2) is 5.58 Å². The van der Waals surface area contributed by atoms with E-state index in [1.807, 2.05) is 0 Å². The summed E-state index contributed by atoms with van der Waals surface area (Å²) in [6.45, 7) is 0. The predicted molar refractivity (Wildman–Crippen MR) is 71.4 cm³/mol. The minimum Gasteiger partial charge on any atom is -0.478 e. The molecule has 0 atom stereocenters. The van der Waals surface area contributed by atoms with Crippen LogP contribution >= 0.6 is 0 Å². The van der Waals surface area contributed by atoms with Crippen LogP contribution in [0.25, 0.3) is 22.6 Å². The number of hydrogen-bond donors (Lipinski definition) is 1. The normalized spacial score (nSPS) is 11.8. The van der Waals surface area contributed by atoms with E-state index >= 15 is 0 Å². The summed E-state index contributed by atoms with van der Waals surface area (Å²) in [4.78, 5) is 14.9. The summed E-state index contributed by atoms with van der Waals surface area (Å²) in [6.07, 6.45) is -4.54. The van der Waals surface area contributed by atoms with Gasteiger partial charge >= 0.3 is 12.1 Å². The molecule has 7 heteroatoms. The zero-order valence-electron chi connectivity index (χ0n) is 10.9. The zero-order chi connectivity index (χ0) is 15.9. The number of fused-ring (bicyclic) bond motifs is 1. The molecule has 0 aliphatic rings. The van der Waals surface area contributed by atoms with E-state index in [1.165, 1.54) is 36.4 Å². The Morgan fingerprint density at radius 2 is 1.86 bits per heavy atom. The van der Waals surface area contributed by atoms with Gasteiger partial charge in [-0.2, -0.15) is 13.2 Å². The van der Waals surface area contributed by atoms with Gasteiger partial charge in [-0.25, -0.2) is 9.78 Å². The maximum atomic E-state index is 13.0. The van der Waals surface area contributed by atoms with E-state index in [-0.39, 0.29) is 28.1 Å². The van der Waals surface area contributed by atoms with Gasteiger partial charge in [0.2, 0.25) is 5.89 Å². The number of aromatic carboxylic acids is 1. The van der Waals surface area contributed by atoms with Crippen molar-refractivity contribution in [2.45, 2.75) is 6.18 Å². The number of oxazole rings is 1. The number of carboxylic acid groups (broad SMARTS) is 1. The van der Waals surface area contributed by atoms with Crippen LogP contribution in [0.15, 0.2) is 46.9 Å². The van der Waals surface area contributed by atoms with Crippen LogP contribution in [0.2, 0.25) is 0 Å². The average Bonchev–Trinajstić information content (AvgIpc) is 2.89. The van der Waals surface area contributed by atoms with E-state index in [2.05, 4.69) is 4.98 Å². The van der Waals surface area contributed by atoms with Gasteiger partial charge in [0.1, 0.15) is 5.52 Å². The van der Waals surface area contributed by atoms with Crippen LogP contribution in [0.4, 0.5) is 13.2 Å². The van der Waals surface area contributed by atoms with Gasteiger partial charge in [0.25, 0.3) is 0 Å². The summed E-state index contributed by atoms with van der Waals surface area (Å²) in [5.41, 5.74) is -0.675. The summed E-state index contributed by atoms with van der Waals surface area (Å²) in [5.74, 6) is -1.36. The predicted octanol–water partition coefficient (Wildman–Crippen LogP) is 4.21. The maximum Gasteiger partial charge on any atom is 0.417 e. The summed E-state index contributed by atoms with van der Waals surface area (Å²) in [5, 5.41) is 8.91. The summed E-state index contributed by atoms with van der Waals surface area (Å²) >= 11 is 0. The molecule has 4 nitrogen and oxygen atoms in total. The van der Waals surface area contributed by atoms with E-state index in [9.17, 15) is 18.0 Å². The van der Waals surface area contributed by atoms with E-state index < -0.39 is 17.7 Å². The van der Waals surface area contributed by atoms with Crippen LogP contribution in [0, 0.1) is 0 Å². The fourth-order valence-corrected chi connectivity index (χ4v) is 2.09. The van der Waals surface area contributed by atoms with Crippen molar-refractivity contribution in [3.8, 4) is 11.5 Å². The van der Waals surface area contributed by atoms with Gasteiger partial charge in [-0.1, -0.05) is 12.1 Å². The molecule has 22 heavy (non-hydrogen) atoms. The Morgan fingerprint density at radius 1 is 1.14 bits per heavy atom. The molecule has 0 fully saturated rings. The molecule has 0 unspecified atom stereocenters. The van der Waals surface area contributed by atoms with Crippen molar-refractivity contribution in [1.82, 2.24) is 4.98 Å². The Bertz CT molecular complexity index is 868. The summed E-state index contributed by atoms with van der Waals surface area (Å²) in [6, 6.07) is 8.84. The van der Waals surface area contributed by atoms with Crippen molar-refractivity contribution in [3.63, 3.8) is 0 Å². The smallest absolute Gasteiger partial charge is 0.417 e. The van der Waals surface area contributed by atoms with Crippen LogP contribution < -0.4 is 0 Å². The lowest BCUT2D eigenvalue weighted by molar-refractivity contribution is -0.137. The molecular weight excluding hydrogens is 299 g/mol. The molecular formula is C15H8F3NO3. The number of rotatable bonds is 2. The van der Waals surface area contributed by atoms with Crippen LogP contribution in [-0.4, -0.2) is 16.1 Å². The molecule has 0 aliphatic heterocycles. The molecule has 2 aromatic carbocycles. The van der Waals surface area contributed by atoms with Gasteiger partial charge in [0, 0.05) is 5.56 Å². The largest absolute Gasteiger partial charge is 0.478 e. The number of hydrogen-bond acceptors (Lipinski definition) is 3. The first-order chi connectivity index (χ1) is 10.4. The molecule has 0 aliphatic carbocycles. The second-order valence-electron chi connectivity index (χ2n) is 4.55. The second-order valence-corrected chi connectivity index (χ2v) is 4.55. The SMILES string of the molecule is O=C(O)c1ccc2nc(-c3ccccc3C(F)(F)F)oc2c1. The van der Waals surface area contributed by atoms with Crippen molar-refractivity contribution in [3.05, 3.63) is 53.6 Å². The first-order valence-corrected chi connectivity index (χ1v) is 6.17. The lowest BCUT2D eigenvalue weighted by Gasteiger charge is -2.09. The van der Waals surface area contributed by atoms with Gasteiger partial charge in [-0.05, 0) is 30.3 Å². The number of carbonyl (C=O) groups is 1. The highest BCUT2D eigenvalue weighted by molar-refractivity contribution is 5.92. The third kappa shape index (κ3) is 2.41. The highest BCUT2D eigenvalue weighted by atomic mass is 19.4. The molecule has 3 aromatic rings. The van der Waals surface area contributed by atoms with Crippen molar-refractivity contribution in [1.29, 1.82) is 0 Å². The van der Waals surface area contributed by atoms with Crippen molar-refractivity contribution in [2.75, 3.05) is 0 Å². The molecule has 0 saturated heterocycles. The van der Waals surface area contributed by atoms with Crippen molar-refractivity contribution in [2.24, 2.45) is 0 Å². The average molecular weight is 307 g/mol. The van der Waals surface area contributed by atoms with Crippen LogP contribution in [0.1, 0.15) is 15.9 Å². The minimum atomic E-state index is -4.54. The van der Waals surface area contributed by atoms with E-state index in [4.69, 9.17) is 9.52 Å². The number of carboxylic acids is 1. The first-order valence-electron chi connectivity index (χ1n) is 6.17. The molecule has 1 N–H and O–H groups in total. The minimum absolute atomic E-state index is 0.0284. The second kappa shape index (κ2) is 4.87. The van der Waals surface area contributed by atoms with E-state index in [0.717, 1.165) is 6.07 Å². The van der Waals surface area contributed by atoms with E-state index in [0.29, 0.717) is 0 Å². The van der Waals surface area contributed by atoms with Gasteiger partial charge in [-0.15, -0.1) is 0 Å². The fourth-order valence-electron chi connectivity index (χ4n) is 2.09. The first kappa shape index (κ1) is 14.1. The van der Waals surface area contributed by atoms with Crippen molar-refractivity contribution >= 4 is 17.1 Å². The molecule has 0 amide bonds. The lowest BCUT2D eigenvalue weighted by Crippen LogP contribution is -2.06. The number of alkyl halides is 3. The summed E-state index contributed by atoms with van der Waals surface area (Å²) < 4.78 is 44.3. The molecule has 1 heterocycles. The number of aromatic nitrogens is 1. The third-order valence-corrected chi connectivity index (χ3v) is 3.10. The van der Waals surface area contributed by atoms with Gasteiger partial charge in [-0.3, -0.25) is 0 Å². The Hall–Kier alpha value is -2.83. The number of halogens is 3. The third-order valence-electron chi connectivity index (χ3n) is 3.10. The van der Waals surface area contributed by atoms with Gasteiger partial charge < -0.3 is 9.52 Å². The van der Waals surface area contributed by atoms with Crippen LogP contribution in [0.3, 0.4) is 0 Å². The van der Waals surface area contributed by atoms with Crippen LogP contribution in [0.5, 0.6) is 0 Å². The summed E-state index contributed by atoms with van der Waals surface area (Å²) in [7, 11) is 0. The molecule has 0 bridgehead atoms. The number of benzene rings is 2. The van der Waals surface area contributed by atoms with E-state index in [1.54, 1.807) is 0 Å². The maximum absolute atomic E-state index is 13.0. The zero-order valence-corrected chi connectivity index (χ0v) is 10.9. The molecule has 0 saturated carbocycles. The molecule has 3 rings (SSSR count). The Balaban J connectivity index is 2.18. The fraction of sp³-hybridized carbons (Fsp3) is 0.0667. The molecule has 112 valence electrons. The topological polar surface area (TPSA) is 63.3 Å². The Morgan fingerprint density at radius 3 is 2.55 bits per heavy atom. The highest BCUT2D eigenvalue weighted by Crippen LogP contribution is 2.37. The molecule has 0 spiro atoms. The Kier molecular flexibility index (Phi) is 3.13. The molecule has 0 radical (unpaired) electrons. The van der Waals surface area contributed by atoms with Crippen LogP contribution in [-0.2, 0) is 6.18 Å². The van der Waals surface area contributed by atoms with Crippen molar-refractivity contribution < 1.29 is 27.5 Å². The lowest BCUT2D eigenvalue weighted by atomic mass is 10.1. The Labute approximate surface area is 121 Å². The monoisotopic (exact) mass is 307 g/mol. The molecule has 1 aromatic heterocycles. The quantitative estimate of drug-likeness (QED) is 0.770. The van der Waals surface area contributed by atoms with Gasteiger partial charge in [0.05, 0.1) is 11.1 Å². The standard InChI is InChI=1S/C15H8F3NO3/c16-15(17,18)10-4-2-1-3-9(10)13-19-11-6-5-8(14(20)21)7-12(11)22-13/h1-7H,(H,20,21).